The molecule has 202 valence electrons. The van der Waals surface area contributed by atoms with Crippen LogP contribution in [0.15, 0.2) is 24.3 Å². The maximum atomic E-state index is 13.4. The van der Waals surface area contributed by atoms with E-state index in [1.807, 2.05) is 0 Å². The number of amides is 2. The SMILES string of the molecule is Cc1c(C(=O)NCC(C)(C)C(N)=O)cc(-c2cc(C(C)(C)C)cc(C3(C)CC3)c2)n1CC1CCCCC1. The lowest BCUT2D eigenvalue weighted by molar-refractivity contribution is -0.125. The molecule has 0 unspecified atom stereocenters. The Morgan fingerprint density at radius 2 is 1.68 bits per heavy atom. The summed E-state index contributed by atoms with van der Waals surface area (Å²) in [5.74, 6) is 0.0755. The van der Waals surface area contributed by atoms with Crippen molar-refractivity contribution in [2.75, 3.05) is 6.54 Å². The first-order chi connectivity index (χ1) is 17.2. The number of hydrogen-bond acceptors (Lipinski definition) is 2. The van der Waals surface area contributed by atoms with E-state index in [1.165, 1.54) is 61.6 Å². The Morgan fingerprint density at radius 1 is 1.03 bits per heavy atom. The van der Waals surface area contributed by atoms with Gasteiger partial charge in [-0.15, -0.1) is 0 Å². The highest BCUT2D eigenvalue weighted by atomic mass is 16.2. The molecule has 2 aromatic rings. The molecule has 0 saturated heterocycles. The Kier molecular flexibility index (Phi) is 7.40. The minimum Gasteiger partial charge on any atom is -0.369 e. The van der Waals surface area contributed by atoms with E-state index in [0.717, 1.165) is 17.9 Å². The summed E-state index contributed by atoms with van der Waals surface area (Å²) in [5, 5.41) is 2.99. The van der Waals surface area contributed by atoms with Crippen molar-refractivity contribution in [2.24, 2.45) is 17.1 Å². The molecule has 2 aliphatic rings. The molecule has 5 heteroatoms. The lowest BCUT2D eigenvalue weighted by Crippen LogP contribution is -2.42. The molecular formula is C32H47N3O2. The monoisotopic (exact) mass is 505 g/mol. The zero-order valence-electron chi connectivity index (χ0n) is 24.1. The molecule has 1 aromatic heterocycles. The highest BCUT2D eigenvalue weighted by Gasteiger charge is 2.40. The largest absolute Gasteiger partial charge is 0.369 e. The summed E-state index contributed by atoms with van der Waals surface area (Å²) in [7, 11) is 0. The summed E-state index contributed by atoms with van der Waals surface area (Å²) in [5.41, 5.74) is 11.8. The van der Waals surface area contributed by atoms with Crippen LogP contribution >= 0.6 is 0 Å². The van der Waals surface area contributed by atoms with Crippen LogP contribution in [0.3, 0.4) is 0 Å². The molecular weight excluding hydrogens is 458 g/mol. The third-order valence-electron chi connectivity index (χ3n) is 8.93. The van der Waals surface area contributed by atoms with Gasteiger partial charge in [0.25, 0.3) is 5.91 Å². The Bertz CT molecular complexity index is 1150. The quantitative estimate of drug-likeness (QED) is 0.422. The van der Waals surface area contributed by atoms with Gasteiger partial charge in [-0.3, -0.25) is 9.59 Å². The molecule has 3 N–H and O–H groups in total. The molecule has 0 atom stereocenters. The van der Waals surface area contributed by atoms with E-state index in [4.69, 9.17) is 5.73 Å². The van der Waals surface area contributed by atoms with Crippen LogP contribution in [0.4, 0.5) is 0 Å². The third-order valence-corrected chi connectivity index (χ3v) is 8.93. The minimum atomic E-state index is -0.799. The van der Waals surface area contributed by atoms with Gasteiger partial charge in [0.15, 0.2) is 0 Å². The summed E-state index contributed by atoms with van der Waals surface area (Å²) in [6.45, 7) is 15.9. The first kappa shape index (κ1) is 27.5. The summed E-state index contributed by atoms with van der Waals surface area (Å²) in [6.07, 6.45) is 8.85. The molecule has 2 saturated carbocycles. The predicted molar refractivity (Wildman–Crippen MR) is 152 cm³/mol. The number of aromatic nitrogens is 1. The fourth-order valence-electron chi connectivity index (χ4n) is 5.49. The van der Waals surface area contributed by atoms with Crippen LogP contribution in [-0.2, 0) is 22.2 Å². The van der Waals surface area contributed by atoms with E-state index >= 15 is 0 Å². The molecule has 0 spiro atoms. The average molecular weight is 506 g/mol. The normalized spacial score (nSPS) is 18.0. The number of nitrogens with one attached hydrogen (secondary N) is 1. The van der Waals surface area contributed by atoms with Crippen molar-refractivity contribution in [1.29, 1.82) is 0 Å². The molecule has 1 heterocycles. The highest BCUT2D eigenvalue weighted by Crippen LogP contribution is 2.49. The summed E-state index contributed by atoms with van der Waals surface area (Å²) >= 11 is 0. The van der Waals surface area contributed by atoms with Crippen LogP contribution < -0.4 is 11.1 Å². The number of carbonyl (C=O) groups is 2. The number of nitrogens with zero attached hydrogens (tertiary/aromatic N) is 1. The van der Waals surface area contributed by atoms with Gasteiger partial charge in [-0.2, -0.15) is 0 Å². The van der Waals surface area contributed by atoms with E-state index in [-0.39, 0.29) is 23.3 Å². The zero-order chi connectivity index (χ0) is 27.2. The molecule has 2 fully saturated rings. The van der Waals surface area contributed by atoms with E-state index in [9.17, 15) is 9.59 Å². The number of rotatable bonds is 8. The van der Waals surface area contributed by atoms with Crippen molar-refractivity contribution in [3.05, 3.63) is 46.6 Å². The molecule has 2 aliphatic carbocycles. The van der Waals surface area contributed by atoms with Crippen molar-refractivity contribution in [3.63, 3.8) is 0 Å². The number of benzene rings is 1. The molecule has 5 nitrogen and oxygen atoms in total. The molecule has 1 aromatic carbocycles. The second-order valence-electron chi connectivity index (χ2n) is 13.7. The number of hydrogen-bond donors (Lipinski definition) is 2. The minimum absolute atomic E-state index is 0.0341. The van der Waals surface area contributed by atoms with Crippen LogP contribution in [0, 0.1) is 18.3 Å². The average Bonchev–Trinajstić information content (AvgIpc) is 3.52. The smallest absolute Gasteiger partial charge is 0.253 e. The highest BCUT2D eigenvalue weighted by molar-refractivity contribution is 5.97. The zero-order valence-corrected chi connectivity index (χ0v) is 24.1. The van der Waals surface area contributed by atoms with Crippen molar-refractivity contribution in [3.8, 4) is 11.3 Å². The third kappa shape index (κ3) is 5.97. The van der Waals surface area contributed by atoms with Crippen LogP contribution in [0.1, 0.15) is 114 Å². The van der Waals surface area contributed by atoms with Gasteiger partial charge in [0.1, 0.15) is 0 Å². The van der Waals surface area contributed by atoms with Crippen LogP contribution in [0.5, 0.6) is 0 Å². The van der Waals surface area contributed by atoms with Crippen LogP contribution in [0.25, 0.3) is 11.3 Å². The van der Waals surface area contributed by atoms with Gasteiger partial charge in [-0.1, -0.05) is 53.0 Å². The van der Waals surface area contributed by atoms with Crippen molar-refractivity contribution in [2.45, 2.75) is 111 Å². The van der Waals surface area contributed by atoms with Crippen molar-refractivity contribution >= 4 is 11.8 Å². The molecule has 4 rings (SSSR count). The van der Waals surface area contributed by atoms with E-state index < -0.39 is 11.3 Å². The van der Waals surface area contributed by atoms with Crippen molar-refractivity contribution in [1.82, 2.24) is 9.88 Å². The molecule has 0 bridgehead atoms. The Balaban J connectivity index is 1.78. The summed E-state index contributed by atoms with van der Waals surface area (Å²) in [6, 6.07) is 9.17. The fraction of sp³-hybridized carbons (Fsp3) is 0.625. The molecule has 37 heavy (non-hydrogen) atoms. The second kappa shape index (κ2) is 9.96. The standard InChI is InChI=1S/C32H47N3O2/c1-21-26(28(36)34-20-31(5,6)29(33)37)18-27(35(21)19-22-11-9-8-10-12-22)23-15-24(30(2,3)4)17-25(16-23)32(7)13-14-32/h15-18,22H,8-14,19-20H2,1-7H3,(H2,33,37)(H,34,36). The maximum Gasteiger partial charge on any atom is 0.253 e. The first-order valence-electron chi connectivity index (χ1n) is 14.2. The molecule has 0 radical (unpaired) electrons. The van der Waals surface area contributed by atoms with Gasteiger partial charge < -0.3 is 15.6 Å². The van der Waals surface area contributed by atoms with Gasteiger partial charge in [0, 0.05) is 24.5 Å². The van der Waals surface area contributed by atoms with E-state index in [1.54, 1.807) is 13.8 Å². The Hall–Kier alpha value is -2.56. The second-order valence-corrected chi connectivity index (χ2v) is 13.7. The number of carbonyl (C=O) groups excluding carboxylic acids is 2. The lowest BCUT2D eigenvalue weighted by atomic mass is 9.82. The van der Waals surface area contributed by atoms with Gasteiger partial charge >= 0.3 is 0 Å². The van der Waals surface area contributed by atoms with Gasteiger partial charge in [-0.25, -0.2) is 0 Å². The lowest BCUT2D eigenvalue weighted by Gasteiger charge is -2.26. The number of primary amides is 1. The molecule has 0 aliphatic heterocycles. The summed E-state index contributed by atoms with van der Waals surface area (Å²) in [4.78, 5) is 25.2. The number of nitrogens with two attached hydrogens (primary N) is 1. The Labute approximate surface area is 223 Å². The Morgan fingerprint density at radius 3 is 2.24 bits per heavy atom. The van der Waals surface area contributed by atoms with Gasteiger partial charge in [-0.05, 0) is 98.1 Å². The van der Waals surface area contributed by atoms with Gasteiger partial charge in [0.05, 0.1) is 11.0 Å². The van der Waals surface area contributed by atoms with E-state index in [0.29, 0.717) is 11.5 Å². The molecule has 2 amide bonds. The van der Waals surface area contributed by atoms with Crippen LogP contribution in [0.2, 0.25) is 0 Å². The van der Waals surface area contributed by atoms with E-state index in [2.05, 4.69) is 68.8 Å². The summed E-state index contributed by atoms with van der Waals surface area (Å²) < 4.78 is 2.39. The van der Waals surface area contributed by atoms with Crippen molar-refractivity contribution < 1.29 is 9.59 Å². The van der Waals surface area contributed by atoms with Gasteiger partial charge in [0.2, 0.25) is 5.91 Å². The maximum absolute atomic E-state index is 13.4. The topological polar surface area (TPSA) is 77.1 Å². The fourth-order valence-corrected chi connectivity index (χ4v) is 5.49. The van der Waals surface area contributed by atoms with Crippen LogP contribution in [-0.4, -0.2) is 22.9 Å². The predicted octanol–water partition coefficient (Wildman–Crippen LogP) is 6.63. The first-order valence-corrected chi connectivity index (χ1v) is 14.2.